The molecule has 108 valence electrons. The van der Waals surface area contributed by atoms with Crippen LogP contribution in [0.4, 0.5) is 0 Å². The van der Waals surface area contributed by atoms with Crippen molar-refractivity contribution in [3.05, 3.63) is 21.8 Å². The van der Waals surface area contributed by atoms with E-state index in [1.807, 2.05) is 6.07 Å². The Balaban J connectivity index is 2.44. The first-order chi connectivity index (χ1) is 8.97. The third kappa shape index (κ3) is 5.86. The molecule has 0 amide bonds. The van der Waals surface area contributed by atoms with Crippen LogP contribution >= 0.6 is 22.6 Å². The Labute approximate surface area is 133 Å². The minimum Gasteiger partial charge on any atom is -0.507 e. The maximum Gasteiger partial charge on any atom is 0.128 e. The molecule has 0 saturated carbocycles. The number of aromatic hydroxyl groups is 1. The number of rotatable bonds is 8. The van der Waals surface area contributed by atoms with Crippen molar-refractivity contribution in [3.63, 3.8) is 0 Å². The zero-order valence-electron chi connectivity index (χ0n) is 12.5. The maximum atomic E-state index is 9.61. The molecule has 0 spiro atoms. The van der Waals surface area contributed by atoms with Gasteiger partial charge in [-0.3, -0.25) is 0 Å². The third-order valence-electron chi connectivity index (χ3n) is 3.88. The van der Waals surface area contributed by atoms with Crippen LogP contribution < -0.4 is 5.19 Å². The molecule has 1 rings (SSSR count). The van der Waals surface area contributed by atoms with Crippen LogP contribution in [0.2, 0.25) is 19.1 Å². The molecule has 0 aliphatic heterocycles. The molecule has 0 saturated heterocycles. The monoisotopic (exact) mass is 390 g/mol. The van der Waals surface area contributed by atoms with Crippen LogP contribution in [-0.2, 0) is 0 Å². The molecule has 1 nitrogen and oxygen atoms in total. The van der Waals surface area contributed by atoms with E-state index in [0.29, 0.717) is 5.75 Å². The molecule has 0 atom stereocenters. The molecule has 1 aromatic rings. The second kappa shape index (κ2) is 8.30. The van der Waals surface area contributed by atoms with E-state index in [2.05, 4.69) is 54.7 Å². The number of phenols is 1. The lowest BCUT2D eigenvalue weighted by Gasteiger charge is -2.23. The molecule has 0 aliphatic carbocycles. The molecular formula is C16H27IOSi. The van der Waals surface area contributed by atoms with Gasteiger partial charge in [0, 0.05) is 0 Å². The molecule has 0 aromatic heterocycles. The van der Waals surface area contributed by atoms with Crippen LogP contribution in [0, 0.1) is 3.57 Å². The first kappa shape index (κ1) is 17.0. The minimum absolute atomic E-state index is 0.411. The second-order valence-corrected chi connectivity index (χ2v) is 12.1. The SMILES string of the molecule is CCCCCCCC[Si](C)(C)c1ccc(O)c(I)c1. The van der Waals surface area contributed by atoms with Crippen molar-refractivity contribution in [1.82, 2.24) is 0 Å². The Morgan fingerprint density at radius 1 is 1.05 bits per heavy atom. The lowest BCUT2D eigenvalue weighted by atomic mass is 10.1. The average molecular weight is 390 g/mol. The summed E-state index contributed by atoms with van der Waals surface area (Å²) in [5.41, 5.74) is 0. The van der Waals surface area contributed by atoms with E-state index in [-0.39, 0.29) is 0 Å². The summed E-state index contributed by atoms with van der Waals surface area (Å²) in [5, 5.41) is 11.1. The summed E-state index contributed by atoms with van der Waals surface area (Å²) in [6.07, 6.45) is 8.25. The number of unbranched alkanes of at least 4 members (excludes halogenated alkanes) is 5. The van der Waals surface area contributed by atoms with Gasteiger partial charge in [0.2, 0.25) is 0 Å². The molecule has 19 heavy (non-hydrogen) atoms. The molecule has 0 aliphatic rings. The van der Waals surface area contributed by atoms with E-state index in [1.54, 1.807) is 0 Å². The zero-order valence-corrected chi connectivity index (χ0v) is 15.7. The van der Waals surface area contributed by atoms with Gasteiger partial charge in [-0.15, -0.1) is 0 Å². The van der Waals surface area contributed by atoms with Crippen LogP contribution in [0.3, 0.4) is 0 Å². The van der Waals surface area contributed by atoms with Gasteiger partial charge in [0.15, 0.2) is 0 Å². The molecule has 0 radical (unpaired) electrons. The van der Waals surface area contributed by atoms with E-state index in [0.717, 1.165) is 3.57 Å². The van der Waals surface area contributed by atoms with Gasteiger partial charge in [0.05, 0.1) is 11.6 Å². The van der Waals surface area contributed by atoms with Crippen molar-refractivity contribution in [2.24, 2.45) is 0 Å². The van der Waals surface area contributed by atoms with Gasteiger partial charge < -0.3 is 5.11 Å². The van der Waals surface area contributed by atoms with Crippen molar-refractivity contribution in [3.8, 4) is 5.75 Å². The molecule has 0 fully saturated rings. The second-order valence-electron chi connectivity index (χ2n) is 6.07. The molecule has 1 aromatic carbocycles. The predicted octanol–water partition coefficient (Wildman–Crippen LogP) is 5.27. The first-order valence-electron chi connectivity index (χ1n) is 7.46. The summed E-state index contributed by atoms with van der Waals surface area (Å²) < 4.78 is 0.985. The number of halogens is 1. The van der Waals surface area contributed by atoms with E-state index in [1.165, 1.54) is 49.8 Å². The van der Waals surface area contributed by atoms with Crippen molar-refractivity contribution in [1.29, 1.82) is 0 Å². The van der Waals surface area contributed by atoms with Crippen LogP contribution in [0.5, 0.6) is 5.75 Å². The van der Waals surface area contributed by atoms with Gasteiger partial charge >= 0.3 is 0 Å². The minimum atomic E-state index is -1.32. The fourth-order valence-corrected chi connectivity index (χ4v) is 5.72. The molecule has 0 heterocycles. The van der Waals surface area contributed by atoms with Crippen molar-refractivity contribution in [2.45, 2.75) is 64.6 Å². The van der Waals surface area contributed by atoms with E-state index in [9.17, 15) is 5.11 Å². The third-order valence-corrected chi connectivity index (χ3v) is 8.23. The lowest BCUT2D eigenvalue weighted by molar-refractivity contribution is 0.471. The van der Waals surface area contributed by atoms with Gasteiger partial charge in [-0.25, -0.2) is 0 Å². The average Bonchev–Trinajstić information content (AvgIpc) is 2.36. The largest absolute Gasteiger partial charge is 0.507 e. The highest BCUT2D eigenvalue weighted by Crippen LogP contribution is 2.21. The molecule has 0 bridgehead atoms. The summed E-state index contributed by atoms with van der Waals surface area (Å²) >= 11 is 2.22. The summed E-state index contributed by atoms with van der Waals surface area (Å²) in [7, 11) is -1.32. The van der Waals surface area contributed by atoms with Crippen LogP contribution in [0.25, 0.3) is 0 Å². The quantitative estimate of drug-likeness (QED) is 0.364. The maximum absolute atomic E-state index is 9.61. The summed E-state index contributed by atoms with van der Waals surface area (Å²) in [4.78, 5) is 0. The molecule has 0 unspecified atom stereocenters. The Bertz CT molecular complexity index is 390. The summed E-state index contributed by atoms with van der Waals surface area (Å²) in [6, 6.07) is 7.52. The van der Waals surface area contributed by atoms with Crippen molar-refractivity contribution < 1.29 is 5.11 Å². The van der Waals surface area contributed by atoms with Gasteiger partial charge in [-0.1, -0.05) is 75.8 Å². The van der Waals surface area contributed by atoms with Crippen molar-refractivity contribution >= 4 is 35.9 Å². The van der Waals surface area contributed by atoms with Gasteiger partial charge in [0.25, 0.3) is 0 Å². The number of hydrogen-bond donors (Lipinski definition) is 1. The van der Waals surface area contributed by atoms with Crippen LogP contribution in [0.15, 0.2) is 18.2 Å². The Morgan fingerprint density at radius 3 is 2.32 bits per heavy atom. The van der Waals surface area contributed by atoms with E-state index >= 15 is 0 Å². The van der Waals surface area contributed by atoms with Gasteiger partial charge in [0.1, 0.15) is 5.75 Å². The topological polar surface area (TPSA) is 20.2 Å². The van der Waals surface area contributed by atoms with E-state index < -0.39 is 8.07 Å². The fraction of sp³-hybridized carbons (Fsp3) is 0.625. The summed E-state index contributed by atoms with van der Waals surface area (Å²) in [5.74, 6) is 0.411. The Morgan fingerprint density at radius 2 is 1.68 bits per heavy atom. The molecule has 1 N–H and O–H groups in total. The highest BCUT2D eigenvalue weighted by molar-refractivity contribution is 14.1. The van der Waals surface area contributed by atoms with Gasteiger partial charge in [-0.2, -0.15) is 0 Å². The molecule has 3 heteroatoms. The Kier molecular flexibility index (Phi) is 7.43. The zero-order chi connectivity index (χ0) is 14.3. The normalized spacial score (nSPS) is 11.8. The first-order valence-corrected chi connectivity index (χ1v) is 11.7. The van der Waals surface area contributed by atoms with Gasteiger partial charge in [-0.05, 0) is 34.7 Å². The lowest BCUT2D eigenvalue weighted by Crippen LogP contribution is -2.41. The number of benzene rings is 1. The van der Waals surface area contributed by atoms with E-state index in [4.69, 9.17) is 0 Å². The summed E-state index contributed by atoms with van der Waals surface area (Å²) in [6.45, 7) is 7.16. The smallest absolute Gasteiger partial charge is 0.128 e. The van der Waals surface area contributed by atoms with Crippen LogP contribution in [-0.4, -0.2) is 13.2 Å². The van der Waals surface area contributed by atoms with Crippen LogP contribution in [0.1, 0.15) is 45.4 Å². The van der Waals surface area contributed by atoms with Crippen molar-refractivity contribution in [2.75, 3.05) is 0 Å². The highest BCUT2D eigenvalue weighted by atomic mass is 127. The molecular weight excluding hydrogens is 363 g/mol. The fourth-order valence-electron chi connectivity index (χ4n) is 2.42. The standard InChI is InChI=1S/C16H27IOSi/c1-4-5-6-7-8-9-12-19(2,3)14-10-11-16(18)15(17)13-14/h10-11,13,18H,4-9,12H2,1-3H3. The predicted molar refractivity (Wildman–Crippen MR) is 96.1 cm³/mol. The number of phenolic OH excluding ortho intramolecular Hbond substituents is 1. The highest BCUT2D eigenvalue weighted by Gasteiger charge is 2.23. The number of hydrogen-bond acceptors (Lipinski definition) is 1. The Hall–Kier alpha value is -0.0331.